The van der Waals surface area contributed by atoms with Crippen molar-refractivity contribution < 1.29 is 4.79 Å². The van der Waals surface area contributed by atoms with Crippen molar-refractivity contribution in [3.63, 3.8) is 0 Å². The first-order valence-electron chi connectivity index (χ1n) is 7.92. The molecule has 0 bridgehead atoms. The number of carbonyl (C=O) groups is 1. The number of nitrogens with one attached hydrogen (secondary N) is 2. The highest BCUT2D eigenvalue weighted by molar-refractivity contribution is 9.10. The summed E-state index contributed by atoms with van der Waals surface area (Å²) < 4.78 is 0.917. The molecular weight excluding hydrogens is 366 g/mol. The Morgan fingerprint density at radius 3 is 2.25 bits per heavy atom. The van der Waals surface area contributed by atoms with E-state index in [1.54, 1.807) is 0 Å². The van der Waals surface area contributed by atoms with Gasteiger partial charge in [-0.1, -0.05) is 40.7 Å². The van der Waals surface area contributed by atoms with Crippen molar-refractivity contribution in [2.45, 2.75) is 13.8 Å². The third-order valence-electron chi connectivity index (χ3n) is 3.78. The molecule has 0 aliphatic heterocycles. The molecule has 0 aliphatic rings. The van der Waals surface area contributed by atoms with Crippen molar-refractivity contribution in [2.24, 2.45) is 0 Å². The molecule has 126 valence electrons. The zero-order valence-electron chi connectivity index (χ0n) is 14.0. The predicted octanol–water partition coefficient (Wildman–Crippen LogP) is 4.20. The predicted molar refractivity (Wildman–Crippen MR) is 104 cm³/mol. The third-order valence-corrected chi connectivity index (χ3v) is 4.48. The van der Waals surface area contributed by atoms with E-state index in [1.807, 2.05) is 48.5 Å². The summed E-state index contributed by atoms with van der Waals surface area (Å²) in [5, 5.41) is 0. The molecule has 0 saturated heterocycles. The summed E-state index contributed by atoms with van der Waals surface area (Å²) in [4.78, 5) is 14.5. The van der Waals surface area contributed by atoms with Crippen molar-refractivity contribution in [3.05, 3.63) is 70.7 Å². The lowest BCUT2D eigenvalue weighted by Crippen LogP contribution is -2.35. The van der Waals surface area contributed by atoms with E-state index < -0.39 is 0 Å². The number of halogens is 1. The lowest BCUT2D eigenvalue weighted by atomic mass is 10.2. The van der Waals surface area contributed by atoms with Gasteiger partial charge in [0.15, 0.2) is 0 Å². The van der Waals surface area contributed by atoms with Crippen LogP contribution in [0.4, 0.5) is 5.69 Å². The fraction of sp³-hybridized carbons (Fsp3) is 0.211. The van der Waals surface area contributed by atoms with Crippen LogP contribution in [0.1, 0.15) is 29.8 Å². The molecule has 0 heterocycles. The minimum atomic E-state index is -0.200. The van der Waals surface area contributed by atoms with Gasteiger partial charge in [0.2, 0.25) is 0 Å². The molecule has 0 aromatic heterocycles. The number of benzene rings is 2. The molecule has 0 saturated carbocycles. The molecule has 2 rings (SSSR count). The Kier molecular flexibility index (Phi) is 6.44. The van der Waals surface area contributed by atoms with E-state index in [0.717, 1.165) is 28.8 Å². The van der Waals surface area contributed by atoms with Crippen molar-refractivity contribution in [1.82, 2.24) is 10.9 Å². The van der Waals surface area contributed by atoms with Crippen molar-refractivity contribution in [1.29, 1.82) is 0 Å². The van der Waals surface area contributed by atoms with Crippen LogP contribution in [0, 0.1) is 0 Å². The van der Waals surface area contributed by atoms with Gasteiger partial charge in [-0.05, 0) is 44.2 Å². The van der Waals surface area contributed by atoms with Gasteiger partial charge in [-0.2, -0.15) is 0 Å². The van der Waals surface area contributed by atoms with Crippen LogP contribution in [0.3, 0.4) is 0 Å². The molecule has 0 spiro atoms. The second kappa shape index (κ2) is 8.55. The van der Waals surface area contributed by atoms with Gasteiger partial charge in [0.05, 0.1) is 5.70 Å². The molecule has 24 heavy (non-hydrogen) atoms. The van der Waals surface area contributed by atoms with Crippen molar-refractivity contribution in [2.75, 3.05) is 18.0 Å². The molecule has 0 atom stereocenters. The highest BCUT2D eigenvalue weighted by atomic mass is 79.9. The van der Waals surface area contributed by atoms with Gasteiger partial charge < -0.3 is 4.90 Å². The number of hydrazine groups is 1. The number of hydrogen-bond acceptors (Lipinski definition) is 3. The van der Waals surface area contributed by atoms with Crippen LogP contribution in [-0.2, 0) is 0 Å². The van der Waals surface area contributed by atoms with E-state index in [4.69, 9.17) is 0 Å². The Morgan fingerprint density at radius 2 is 1.67 bits per heavy atom. The van der Waals surface area contributed by atoms with Crippen LogP contribution in [-0.4, -0.2) is 19.0 Å². The van der Waals surface area contributed by atoms with Crippen molar-refractivity contribution in [3.8, 4) is 0 Å². The molecule has 1 amide bonds. The molecule has 5 heteroatoms. The van der Waals surface area contributed by atoms with Crippen LogP contribution in [0.25, 0.3) is 5.70 Å². The topological polar surface area (TPSA) is 44.4 Å². The monoisotopic (exact) mass is 387 g/mol. The summed E-state index contributed by atoms with van der Waals surface area (Å²) in [7, 11) is 0. The van der Waals surface area contributed by atoms with E-state index in [-0.39, 0.29) is 5.91 Å². The largest absolute Gasteiger partial charge is 0.372 e. The van der Waals surface area contributed by atoms with E-state index in [0.29, 0.717) is 11.3 Å². The summed E-state index contributed by atoms with van der Waals surface area (Å²) >= 11 is 3.47. The number of anilines is 1. The summed E-state index contributed by atoms with van der Waals surface area (Å²) in [6.45, 7) is 10.1. The number of hydrogen-bond donors (Lipinski definition) is 2. The minimum absolute atomic E-state index is 0.200. The standard InChI is InChI=1S/C19H22BrN3O/c1-4-23(5-2)16-12-10-15(11-13-16)19(24)22-21-14(3)17-8-6-7-9-18(17)20/h6-13,21H,3-5H2,1-2H3,(H,22,24). The second-order valence-electron chi connectivity index (χ2n) is 5.26. The number of rotatable bonds is 7. The van der Waals surface area contributed by atoms with Gasteiger partial charge in [0, 0.05) is 34.4 Å². The summed E-state index contributed by atoms with van der Waals surface area (Å²) in [6.07, 6.45) is 0. The molecule has 0 radical (unpaired) electrons. The Hall–Kier alpha value is -2.27. The highest BCUT2D eigenvalue weighted by Gasteiger charge is 2.08. The average molecular weight is 388 g/mol. The third kappa shape index (κ3) is 4.38. The zero-order chi connectivity index (χ0) is 17.5. The second-order valence-corrected chi connectivity index (χ2v) is 6.11. The van der Waals surface area contributed by atoms with E-state index in [1.165, 1.54) is 0 Å². The molecule has 0 aliphatic carbocycles. The van der Waals surface area contributed by atoms with Crippen LogP contribution in [0.2, 0.25) is 0 Å². The van der Waals surface area contributed by atoms with Crippen LogP contribution >= 0.6 is 15.9 Å². The lowest BCUT2D eigenvalue weighted by molar-refractivity contribution is 0.0942. The first-order chi connectivity index (χ1) is 11.6. The van der Waals surface area contributed by atoms with Crippen LogP contribution < -0.4 is 15.8 Å². The molecular formula is C19H22BrN3O. The van der Waals surface area contributed by atoms with E-state index in [9.17, 15) is 4.79 Å². The SMILES string of the molecule is C=C(NNC(=O)c1ccc(N(CC)CC)cc1)c1ccccc1Br. The Bertz CT molecular complexity index is 709. The zero-order valence-corrected chi connectivity index (χ0v) is 15.6. The average Bonchev–Trinajstić information content (AvgIpc) is 2.61. The van der Waals surface area contributed by atoms with Gasteiger partial charge in [-0.25, -0.2) is 0 Å². The van der Waals surface area contributed by atoms with Gasteiger partial charge >= 0.3 is 0 Å². The van der Waals surface area contributed by atoms with Gasteiger partial charge in [-0.3, -0.25) is 15.6 Å². The van der Waals surface area contributed by atoms with Gasteiger partial charge in [-0.15, -0.1) is 0 Å². The Morgan fingerprint density at radius 1 is 1.04 bits per heavy atom. The van der Waals surface area contributed by atoms with E-state index >= 15 is 0 Å². The quantitative estimate of drug-likeness (QED) is 0.699. The fourth-order valence-corrected chi connectivity index (χ4v) is 2.91. The smallest absolute Gasteiger partial charge is 0.269 e. The normalized spacial score (nSPS) is 10.1. The summed E-state index contributed by atoms with van der Waals surface area (Å²) in [5.74, 6) is -0.200. The number of nitrogens with zero attached hydrogens (tertiary/aromatic N) is 1. The van der Waals surface area contributed by atoms with Crippen LogP contribution in [0.5, 0.6) is 0 Å². The van der Waals surface area contributed by atoms with E-state index in [2.05, 4.69) is 52.1 Å². The fourth-order valence-electron chi connectivity index (χ4n) is 2.39. The first-order valence-corrected chi connectivity index (χ1v) is 8.71. The molecule has 0 fully saturated rings. The van der Waals surface area contributed by atoms with Crippen LogP contribution in [0.15, 0.2) is 59.6 Å². The summed E-state index contributed by atoms with van der Waals surface area (Å²) in [5.41, 5.74) is 8.77. The molecule has 2 aromatic carbocycles. The van der Waals surface area contributed by atoms with Crippen molar-refractivity contribution >= 4 is 33.2 Å². The first kappa shape index (κ1) is 18.1. The maximum absolute atomic E-state index is 12.2. The Labute approximate surface area is 151 Å². The molecule has 2 aromatic rings. The maximum atomic E-state index is 12.2. The molecule has 0 unspecified atom stereocenters. The highest BCUT2D eigenvalue weighted by Crippen LogP contribution is 2.20. The Balaban J connectivity index is 1.98. The minimum Gasteiger partial charge on any atom is -0.372 e. The molecule has 2 N–H and O–H groups in total. The number of amides is 1. The molecule has 4 nitrogen and oxygen atoms in total. The maximum Gasteiger partial charge on any atom is 0.269 e. The van der Waals surface area contributed by atoms with Gasteiger partial charge in [0.25, 0.3) is 5.91 Å². The number of carbonyl (C=O) groups excluding carboxylic acids is 1. The lowest BCUT2D eigenvalue weighted by Gasteiger charge is -2.21. The summed E-state index contributed by atoms with van der Waals surface area (Å²) in [6, 6.07) is 15.3. The van der Waals surface area contributed by atoms with Gasteiger partial charge in [0.1, 0.15) is 0 Å².